The standard InChI is InChI=1S/C21H20N2O4S2/c1-25-17-7-6-14(19(26-2)20(17)27-3)16-11-15(13-8-10-28-12-13)22-23(16)21(24)18-5-4-9-29-18/h4-10,12,16H,11H2,1-3H3/t16-/m0/s1. The Bertz CT molecular complexity index is 1030. The van der Waals surface area contributed by atoms with E-state index >= 15 is 0 Å². The van der Waals surface area contributed by atoms with Gasteiger partial charge in [-0.1, -0.05) is 6.07 Å². The molecule has 8 heteroatoms. The molecular weight excluding hydrogens is 408 g/mol. The van der Waals surface area contributed by atoms with Crippen molar-refractivity contribution >= 4 is 34.3 Å². The Labute approximate surface area is 177 Å². The lowest BCUT2D eigenvalue weighted by atomic mass is 9.98. The minimum Gasteiger partial charge on any atom is -0.493 e. The maximum Gasteiger partial charge on any atom is 0.284 e. The number of benzene rings is 1. The first-order valence-electron chi connectivity index (χ1n) is 8.94. The Hall–Kier alpha value is -2.84. The van der Waals surface area contributed by atoms with Gasteiger partial charge in [0, 0.05) is 17.5 Å². The average molecular weight is 429 g/mol. The predicted molar refractivity (Wildman–Crippen MR) is 115 cm³/mol. The van der Waals surface area contributed by atoms with Crippen LogP contribution in [0.4, 0.5) is 0 Å². The van der Waals surface area contributed by atoms with E-state index in [1.165, 1.54) is 11.3 Å². The van der Waals surface area contributed by atoms with Crippen LogP contribution in [-0.4, -0.2) is 38.0 Å². The van der Waals surface area contributed by atoms with E-state index in [0.717, 1.165) is 16.8 Å². The van der Waals surface area contributed by atoms with E-state index in [2.05, 4.69) is 0 Å². The number of carbonyl (C=O) groups is 1. The second-order valence-electron chi connectivity index (χ2n) is 6.33. The molecule has 150 valence electrons. The number of thiophene rings is 2. The highest BCUT2D eigenvalue weighted by Crippen LogP contribution is 2.46. The van der Waals surface area contributed by atoms with Gasteiger partial charge < -0.3 is 14.2 Å². The summed E-state index contributed by atoms with van der Waals surface area (Å²) in [5.74, 6) is 1.48. The van der Waals surface area contributed by atoms with Crippen LogP contribution in [0.5, 0.6) is 17.2 Å². The molecule has 1 aromatic carbocycles. The highest BCUT2D eigenvalue weighted by Gasteiger charge is 2.37. The number of hydrogen-bond acceptors (Lipinski definition) is 7. The van der Waals surface area contributed by atoms with Crippen LogP contribution in [-0.2, 0) is 0 Å². The van der Waals surface area contributed by atoms with Crippen LogP contribution in [0.15, 0.2) is 51.6 Å². The van der Waals surface area contributed by atoms with Crippen molar-refractivity contribution in [3.8, 4) is 17.2 Å². The molecule has 0 fully saturated rings. The first-order valence-corrected chi connectivity index (χ1v) is 10.8. The lowest BCUT2D eigenvalue weighted by Crippen LogP contribution is -2.26. The molecule has 1 atom stereocenters. The molecule has 3 aromatic rings. The molecule has 1 aliphatic heterocycles. The van der Waals surface area contributed by atoms with E-state index in [1.807, 2.05) is 46.5 Å². The molecule has 0 saturated heterocycles. The third-order valence-electron chi connectivity index (χ3n) is 4.80. The number of hydrogen-bond donors (Lipinski definition) is 0. The van der Waals surface area contributed by atoms with Gasteiger partial charge in [0.2, 0.25) is 5.75 Å². The predicted octanol–water partition coefficient (Wildman–Crippen LogP) is 4.83. The third kappa shape index (κ3) is 3.49. The van der Waals surface area contributed by atoms with Gasteiger partial charge >= 0.3 is 0 Å². The zero-order valence-electron chi connectivity index (χ0n) is 16.2. The normalized spacial score (nSPS) is 15.9. The molecule has 0 aliphatic carbocycles. The monoisotopic (exact) mass is 428 g/mol. The highest BCUT2D eigenvalue weighted by molar-refractivity contribution is 7.12. The molecule has 0 spiro atoms. The zero-order valence-corrected chi connectivity index (χ0v) is 17.9. The second-order valence-corrected chi connectivity index (χ2v) is 8.06. The zero-order chi connectivity index (χ0) is 20.4. The molecule has 2 aromatic heterocycles. The van der Waals surface area contributed by atoms with Gasteiger partial charge in [0.1, 0.15) is 0 Å². The fraction of sp³-hybridized carbons (Fsp3) is 0.238. The smallest absolute Gasteiger partial charge is 0.284 e. The van der Waals surface area contributed by atoms with E-state index in [1.54, 1.807) is 37.7 Å². The van der Waals surface area contributed by atoms with Gasteiger partial charge in [-0.25, -0.2) is 5.01 Å². The Kier molecular flexibility index (Phi) is 5.55. The largest absolute Gasteiger partial charge is 0.493 e. The highest BCUT2D eigenvalue weighted by atomic mass is 32.1. The number of methoxy groups -OCH3 is 3. The van der Waals surface area contributed by atoms with Gasteiger partial charge in [-0.15, -0.1) is 11.3 Å². The number of carbonyl (C=O) groups excluding carboxylic acids is 1. The van der Waals surface area contributed by atoms with Crippen molar-refractivity contribution in [2.75, 3.05) is 21.3 Å². The van der Waals surface area contributed by atoms with Crippen LogP contribution in [0.25, 0.3) is 0 Å². The quantitative estimate of drug-likeness (QED) is 0.564. The molecule has 3 heterocycles. The van der Waals surface area contributed by atoms with Crippen LogP contribution in [0.1, 0.15) is 33.3 Å². The van der Waals surface area contributed by atoms with Crippen molar-refractivity contribution in [2.24, 2.45) is 5.10 Å². The number of amides is 1. The molecule has 1 aliphatic rings. The van der Waals surface area contributed by atoms with Crippen molar-refractivity contribution < 1.29 is 19.0 Å². The van der Waals surface area contributed by atoms with Gasteiger partial charge in [-0.2, -0.15) is 16.4 Å². The van der Waals surface area contributed by atoms with E-state index in [0.29, 0.717) is 28.5 Å². The lowest BCUT2D eigenvalue weighted by molar-refractivity contribution is 0.0714. The second kappa shape index (κ2) is 8.26. The summed E-state index contributed by atoms with van der Waals surface area (Å²) in [6, 6.07) is 9.12. The lowest BCUT2D eigenvalue weighted by Gasteiger charge is -2.24. The van der Waals surface area contributed by atoms with Crippen LogP contribution < -0.4 is 14.2 Å². The third-order valence-corrected chi connectivity index (χ3v) is 6.34. The molecule has 0 bridgehead atoms. The Balaban J connectivity index is 1.80. The molecule has 0 N–H and O–H groups in total. The molecule has 6 nitrogen and oxygen atoms in total. The molecule has 0 radical (unpaired) electrons. The van der Waals surface area contributed by atoms with Gasteiger partial charge in [0.25, 0.3) is 5.91 Å². The summed E-state index contributed by atoms with van der Waals surface area (Å²) in [6.45, 7) is 0. The van der Waals surface area contributed by atoms with Gasteiger partial charge in [0.05, 0.1) is 38.0 Å². The van der Waals surface area contributed by atoms with Crippen molar-refractivity contribution in [2.45, 2.75) is 12.5 Å². The molecular formula is C21H20N2O4S2. The summed E-state index contributed by atoms with van der Waals surface area (Å²) >= 11 is 3.01. The summed E-state index contributed by atoms with van der Waals surface area (Å²) < 4.78 is 16.6. The number of rotatable bonds is 6. The topological polar surface area (TPSA) is 60.4 Å². The SMILES string of the molecule is COc1ccc([C@@H]2CC(c3ccsc3)=NN2C(=O)c2cccs2)c(OC)c1OC. The molecule has 0 saturated carbocycles. The van der Waals surface area contributed by atoms with Gasteiger partial charge in [0.15, 0.2) is 11.5 Å². The molecule has 0 unspecified atom stereocenters. The summed E-state index contributed by atoms with van der Waals surface area (Å²) in [5, 5.41) is 12.2. The van der Waals surface area contributed by atoms with Crippen LogP contribution >= 0.6 is 22.7 Å². The van der Waals surface area contributed by atoms with Gasteiger partial charge in [-0.05, 0) is 40.4 Å². The minimum atomic E-state index is -0.311. The number of hydrazone groups is 1. The average Bonchev–Trinajstić information content (AvgIpc) is 3.52. The Morgan fingerprint density at radius 2 is 1.90 bits per heavy atom. The van der Waals surface area contributed by atoms with Gasteiger partial charge in [-0.3, -0.25) is 4.79 Å². The van der Waals surface area contributed by atoms with E-state index < -0.39 is 0 Å². The first-order chi connectivity index (χ1) is 14.2. The van der Waals surface area contributed by atoms with Crippen LogP contribution in [0.2, 0.25) is 0 Å². The van der Waals surface area contributed by atoms with Crippen molar-refractivity contribution in [3.05, 3.63) is 62.5 Å². The number of nitrogens with zero attached hydrogens (tertiary/aromatic N) is 2. The maximum atomic E-state index is 13.2. The molecule has 29 heavy (non-hydrogen) atoms. The molecule has 1 amide bonds. The summed E-state index contributed by atoms with van der Waals surface area (Å²) in [4.78, 5) is 13.9. The van der Waals surface area contributed by atoms with E-state index in [4.69, 9.17) is 19.3 Å². The summed E-state index contributed by atoms with van der Waals surface area (Å²) in [6.07, 6.45) is 0.583. The minimum absolute atomic E-state index is 0.132. The van der Waals surface area contributed by atoms with Crippen molar-refractivity contribution in [1.29, 1.82) is 0 Å². The summed E-state index contributed by atoms with van der Waals surface area (Å²) in [5.41, 5.74) is 2.72. The fourth-order valence-corrected chi connectivity index (χ4v) is 4.76. The first kappa shape index (κ1) is 19.5. The van der Waals surface area contributed by atoms with E-state index in [9.17, 15) is 4.79 Å². The Morgan fingerprint density at radius 1 is 1.07 bits per heavy atom. The van der Waals surface area contributed by atoms with E-state index in [-0.39, 0.29) is 11.9 Å². The fourth-order valence-electron chi connectivity index (χ4n) is 3.44. The number of ether oxygens (including phenoxy) is 3. The molecule has 4 rings (SSSR count). The van der Waals surface area contributed by atoms with Crippen LogP contribution in [0, 0.1) is 0 Å². The van der Waals surface area contributed by atoms with Crippen LogP contribution in [0.3, 0.4) is 0 Å². The summed E-state index contributed by atoms with van der Waals surface area (Å²) in [7, 11) is 4.74. The van der Waals surface area contributed by atoms with Crippen molar-refractivity contribution in [3.63, 3.8) is 0 Å². The Morgan fingerprint density at radius 3 is 2.52 bits per heavy atom. The van der Waals surface area contributed by atoms with Crippen molar-refractivity contribution in [1.82, 2.24) is 5.01 Å². The maximum absolute atomic E-state index is 13.2.